The van der Waals surface area contributed by atoms with Gasteiger partial charge in [0.1, 0.15) is 0 Å². The number of hydrogen-bond acceptors (Lipinski definition) is 4. The number of aryl methyl sites for hydroxylation is 2. The van der Waals surface area contributed by atoms with Gasteiger partial charge in [-0.1, -0.05) is 30.7 Å². The number of anilines is 1. The van der Waals surface area contributed by atoms with Gasteiger partial charge in [0, 0.05) is 29.9 Å². The maximum atomic E-state index is 13.1. The minimum absolute atomic E-state index is 0.209. The molecule has 0 bridgehead atoms. The third-order valence-electron chi connectivity index (χ3n) is 5.50. The Hall–Kier alpha value is -2.77. The van der Waals surface area contributed by atoms with Crippen LogP contribution in [0.5, 0.6) is 0 Å². The molecule has 1 N–H and O–H groups in total. The van der Waals surface area contributed by atoms with Crippen molar-refractivity contribution in [3.8, 4) is 0 Å². The normalized spacial score (nSPS) is 15.3. The second-order valence-corrected chi connectivity index (χ2v) is 9.66. The molecule has 1 saturated heterocycles. The smallest absolute Gasteiger partial charge is 0.256 e. The summed E-state index contributed by atoms with van der Waals surface area (Å²) in [7, 11) is -3.57. The van der Waals surface area contributed by atoms with E-state index in [9.17, 15) is 13.2 Å². The molecule has 156 valence electrons. The van der Waals surface area contributed by atoms with E-state index in [2.05, 4.69) is 10.3 Å². The third-order valence-corrected chi connectivity index (χ3v) is 7.39. The molecule has 0 aliphatic carbocycles. The molecule has 1 aliphatic rings. The van der Waals surface area contributed by atoms with Crippen LogP contribution in [0.15, 0.2) is 53.4 Å². The Bertz CT molecular complexity index is 1220. The standard InChI is InChI=1S/C23H25N3O3S/c1-16-10-11-18(30(28,29)26-12-6-3-7-13-26)15-22(16)25-23(27)20-14-17(2)24-21-9-5-4-8-19(20)21/h4-5,8-11,14-15H,3,6-7,12-13H2,1-2H3,(H,25,27). The lowest BCUT2D eigenvalue weighted by Gasteiger charge is -2.26. The topological polar surface area (TPSA) is 79.4 Å². The number of aromatic nitrogens is 1. The molecule has 0 spiro atoms. The van der Waals surface area contributed by atoms with Crippen molar-refractivity contribution < 1.29 is 13.2 Å². The van der Waals surface area contributed by atoms with Crippen LogP contribution >= 0.6 is 0 Å². The first kappa shape index (κ1) is 20.5. The van der Waals surface area contributed by atoms with E-state index in [1.165, 1.54) is 4.31 Å². The Balaban J connectivity index is 1.67. The molecule has 1 aromatic heterocycles. The quantitative estimate of drug-likeness (QED) is 0.679. The summed E-state index contributed by atoms with van der Waals surface area (Å²) in [5, 5.41) is 3.67. The zero-order valence-corrected chi connectivity index (χ0v) is 18.0. The van der Waals surface area contributed by atoms with Gasteiger partial charge >= 0.3 is 0 Å². The molecule has 2 aromatic carbocycles. The number of amides is 1. The van der Waals surface area contributed by atoms with E-state index in [0.29, 0.717) is 24.3 Å². The lowest BCUT2D eigenvalue weighted by molar-refractivity contribution is 0.102. The number of rotatable bonds is 4. The lowest BCUT2D eigenvalue weighted by atomic mass is 10.1. The molecule has 1 aliphatic heterocycles. The number of nitrogens with zero attached hydrogens (tertiary/aromatic N) is 2. The monoisotopic (exact) mass is 423 g/mol. The van der Waals surface area contributed by atoms with E-state index in [-0.39, 0.29) is 10.8 Å². The van der Waals surface area contributed by atoms with Crippen LogP contribution in [0.2, 0.25) is 0 Å². The van der Waals surface area contributed by atoms with Gasteiger partial charge in [0.05, 0.1) is 16.0 Å². The van der Waals surface area contributed by atoms with Crippen molar-refractivity contribution in [1.29, 1.82) is 0 Å². The van der Waals surface area contributed by atoms with Crippen molar-refractivity contribution in [3.63, 3.8) is 0 Å². The van der Waals surface area contributed by atoms with Crippen molar-refractivity contribution in [3.05, 3.63) is 65.4 Å². The van der Waals surface area contributed by atoms with Crippen LogP contribution in [0, 0.1) is 13.8 Å². The number of benzene rings is 2. The van der Waals surface area contributed by atoms with E-state index < -0.39 is 10.0 Å². The van der Waals surface area contributed by atoms with Gasteiger partial charge in [-0.05, 0) is 56.5 Å². The summed E-state index contributed by atoms with van der Waals surface area (Å²) in [5.74, 6) is -0.285. The van der Waals surface area contributed by atoms with Crippen LogP contribution in [0.25, 0.3) is 10.9 Å². The minimum atomic E-state index is -3.57. The summed E-state index contributed by atoms with van der Waals surface area (Å²) in [4.78, 5) is 17.8. The highest BCUT2D eigenvalue weighted by molar-refractivity contribution is 7.89. The van der Waals surface area contributed by atoms with Crippen LogP contribution < -0.4 is 5.32 Å². The number of carbonyl (C=O) groups is 1. The maximum absolute atomic E-state index is 13.1. The number of nitrogens with one attached hydrogen (secondary N) is 1. The SMILES string of the molecule is Cc1cc(C(=O)Nc2cc(S(=O)(=O)N3CCCCC3)ccc2C)c2ccccc2n1. The van der Waals surface area contributed by atoms with Crippen LogP contribution in [0.3, 0.4) is 0 Å². The van der Waals surface area contributed by atoms with E-state index in [4.69, 9.17) is 0 Å². The molecule has 0 atom stereocenters. The van der Waals surface area contributed by atoms with Crippen molar-refractivity contribution in [2.24, 2.45) is 0 Å². The van der Waals surface area contributed by atoms with Crippen LogP contribution in [0.1, 0.15) is 40.9 Å². The summed E-state index contributed by atoms with van der Waals surface area (Å²) in [5.41, 5.74) is 3.31. The second kappa shape index (κ2) is 8.16. The van der Waals surface area contributed by atoms with Crippen molar-refractivity contribution in [1.82, 2.24) is 9.29 Å². The first-order chi connectivity index (χ1) is 14.4. The second-order valence-electron chi connectivity index (χ2n) is 7.72. The maximum Gasteiger partial charge on any atom is 0.256 e. The van der Waals surface area contributed by atoms with Gasteiger partial charge in [-0.2, -0.15) is 4.31 Å². The molecule has 2 heterocycles. The minimum Gasteiger partial charge on any atom is -0.322 e. The van der Waals surface area contributed by atoms with Crippen molar-refractivity contribution in [2.75, 3.05) is 18.4 Å². The summed E-state index contributed by atoms with van der Waals surface area (Å²) in [6.07, 6.45) is 2.81. The number of sulfonamides is 1. The van der Waals surface area contributed by atoms with E-state index in [1.54, 1.807) is 24.3 Å². The van der Waals surface area contributed by atoms with E-state index >= 15 is 0 Å². The van der Waals surface area contributed by atoms with Gasteiger partial charge in [0.25, 0.3) is 5.91 Å². The fourth-order valence-corrected chi connectivity index (χ4v) is 5.38. The molecule has 4 rings (SSSR count). The molecule has 30 heavy (non-hydrogen) atoms. The molecular weight excluding hydrogens is 398 g/mol. The number of hydrogen-bond donors (Lipinski definition) is 1. The Morgan fingerprint density at radius 2 is 1.73 bits per heavy atom. The number of fused-ring (bicyclic) bond motifs is 1. The molecule has 7 heteroatoms. The van der Waals surface area contributed by atoms with E-state index in [0.717, 1.165) is 41.4 Å². The molecule has 1 fully saturated rings. The summed E-state index contributed by atoms with van der Waals surface area (Å²) in [6.45, 7) is 4.78. The van der Waals surface area contributed by atoms with Gasteiger partial charge in [0.15, 0.2) is 0 Å². The highest BCUT2D eigenvalue weighted by Gasteiger charge is 2.26. The van der Waals surface area contributed by atoms with Gasteiger partial charge in [0.2, 0.25) is 10.0 Å². The summed E-state index contributed by atoms with van der Waals surface area (Å²) >= 11 is 0. The van der Waals surface area contributed by atoms with E-state index in [1.807, 2.05) is 38.1 Å². The molecule has 0 saturated carbocycles. The van der Waals surface area contributed by atoms with Crippen molar-refractivity contribution >= 4 is 32.5 Å². The molecule has 0 radical (unpaired) electrons. The Morgan fingerprint density at radius 1 is 1.00 bits per heavy atom. The first-order valence-corrected chi connectivity index (χ1v) is 11.6. The highest BCUT2D eigenvalue weighted by Crippen LogP contribution is 2.26. The molecule has 1 amide bonds. The average molecular weight is 424 g/mol. The third kappa shape index (κ3) is 3.95. The molecular formula is C23H25N3O3S. The zero-order chi connectivity index (χ0) is 21.3. The molecule has 3 aromatic rings. The number of carbonyl (C=O) groups excluding carboxylic acids is 1. The van der Waals surface area contributed by atoms with Crippen molar-refractivity contribution in [2.45, 2.75) is 38.0 Å². The Morgan fingerprint density at radius 3 is 2.50 bits per heavy atom. The number of pyridine rings is 1. The summed E-state index contributed by atoms with van der Waals surface area (Å²) in [6, 6.07) is 14.2. The fourth-order valence-electron chi connectivity index (χ4n) is 3.84. The summed E-state index contributed by atoms with van der Waals surface area (Å²) < 4.78 is 27.6. The van der Waals surface area contributed by atoms with Gasteiger partial charge in [-0.15, -0.1) is 0 Å². The molecule has 6 nitrogen and oxygen atoms in total. The van der Waals surface area contributed by atoms with Gasteiger partial charge in [-0.25, -0.2) is 8.42 Å². The fraction of sp³-hybridized carbons (Fsp3) is 0.304. The zero-order valence-electron chi connectivity index (χ0n) is 17.2. The van der Waals surface area contributed by atoms with Crippen LogP contribution in [0.4, 0.5) is 5.69 Å². The first-order valence-electron chi connectivity index (χ1n) is 10.1. The average Bonchev–Trinajstić information content (AvgIpc) is 2.75. The number of para-hydroxylation sites is 1. The Kier molecular flexibility index (Phi) is 5.58. The lowest BCUT2D eigenvalue weighted by Crippen LogP contribution is -2.35. The van der Waals surface area contributed by atoms with Crippen LogP contribution in [-0.4, -0.2) is 36.7 Å². The highest BCUT2D eigenvalue weighted by atomic mass is 32.2. The Labute approximate surface area is 177 Å². The largest absolute Gasteiger partial charge is 0.322 e. The van der Waals surface area contributed by atoms with Gasteiger partial charge in [-0.3, -0.25) is 9.78 Å². The predicted octanol–water partition coefficient (Wildman–Crippen LogP) is 4.28. The van der Waals surface area contributed by atoms with Crippen LogP contribution in [-0.2, 0) is 10.0 Å². The molecule has 0 unspecified atom stereocenters. The van der Waals surface area contributed by atoms with Gasteiger partial charge < -0.3 is 5.32 Å². The number of piperidine rings is 1. The predicted molar refractivity (Wildman–Crippen MR) is 118 cm³/mol.